The maximum absolute atomic E-state index is 3.71. The van der Waals surface area contributed by atoms with Crippen molar-refractivity contribution in [1.82, 2.24) is 10.2 Å². The van der Waals surface area contributed by atoms with Gasteiger partial charge in [0.25, 0.3) is 0 Å². The van der Waals surface area contributed by atoms with Crippen LogP contribution in [0.5, 0.6) is 0 Å². The number of hydrogen-bond donors (Lipinski definition) is 2. The molecule has 0 fully saturated rings. The lowest BCUT2D eigenvalue weighted by Crippen LogP contribution is -1.81. The van der Waals surface area contributed by atoms with Gasteiger partial charge in [-0.3, -0.25) is 5.10 Å². The van der Waals surface area contributed by atoms with Crippen molar-refractivity contribution in [2.24, 2.45) is 0 Å². The summed E-state index contributed by atoms with van der Waals surface area (Å²) in [6.45, 7) is 4.00. The van der Waals surface area contributed by atoms with Crippen LogP contribution in [0, 0.1) is 0 Å². The Bertz CT molecular complexity index is 123. The Balaban J connectivity index is 0.000000291. The van der Waals surface area contributed by atoms with Crippen molar-refractivity contribution in [2.45, 2.75) is 13.8 Å². The highest BCUT2D eigenvalue weighted by Crippen LogP contribution is 1.96. The first-order valence-corrected chi connectivity index (χ1v) is 3.10. The van der Waals surface area contributed by atoms with Gasteiger partial charge in [0.15, 0.2) is 0 Å². The normalized spacial score (nSPS) is 7.44. The molecule has 2 N–H and O–H groups in total. The molecule has 0 aliphatic rings. The molecule has 0 atom stereocenters. The van der Waals surface area contributed by atoms with E-state index in [9.17, 15) is 0 Å². The summed E-state index contributed by atoms with van der Waals surface area (Å²) in [7, 11) is 1.85. The highest BCUT2D eigenvalue weighted by atomic mass is 15.1. The first-order chi connectivity index (χ1) is 4.43. The molecule has 1 aromatic rings. The summed E-state index contributed by atoms with van der Waals surface area (Å²) in [6, 6.07) is 0. The van der Waals surface area contributed by atoms with Crippen LogP contribution in [0.2, 0.25) is 0 Å². The summed E-state index contributed by atoms with van der Waals surface area (Å²) in [6.07, 6.45) is 3.51. The zero-order valence-corrected chi connectivity index (χ0v) is 6.10. The van der Waals surface area contributed by atoms with Gasteiger partial charge in [0.2, 0.25) is 0 Å². The second-order valence-electron chi connectivity index (χ2n) is 1.24. The number of H-pyrrole nitrogens is 1. The summed E-state index contributed by atoms with van der Waals surface area (Å²) >= 11 is 0. The molecule has 0 radical (unpaired) electrons. The zero-order valence-electron chi connectivity index (χ0n) is 6.10. The first-order valence-electron chi connectivity index (χ1n) is 3.10. The van der Waals surface area contributed by atoms with Crippen molar-refractivity contribution in [3.8, 4) is 0 Å². The van der Waals surface area contributed by atoms with Gasteiger partial charge in [0.05, 0.1) is 11.9 Å². The number of nitrogens with zero attached hydrogens (tertiary/aromatic N) is 1. The van der Waals surface area contributed by atoms with E-state index in [1.165, 1.54) is 0 Å². The SMILES string of the molecule is CC.CNc1cn[nH]c1. The second kappa shape index (κ2) is 5.15. The third-order valence-electron chi connectivity index (χ3n) is 0.787. The predicted octanol–water partition coefficient (Wildman–Crippen LogP) is 1.48. The number of hydrogen-bond acceptors (Lipinski definition) is 2. The Morgan fingerprint density at radius 3 is 2.44 bits per heavy atom. The van der Waals surface area contributed by atoms with Crippen LogP contribution in [0.15, 0.2) is 12.4 Å². The molecule has 1 aromatic heterocycles. The van der Waals surface area contributed by atoms with Crippen LogP contribution in [0.1, 0.15) is 13.8 Å². The van der Waals surface area contributed by atoms with E-state index in [1.54, 1.807) is 12.4 Å². The van der Waals surface area contributed by atoms with E-state index >= 15 is 0 Å². The van der Waals surface area contributed by atoms with Crippen LogP contribution in [0.25, 0.3) is 0 Å². The van der Waals surface area contributed by atoms with Crippen LogP contribution in [0.3, 0.4) is 0 Å². The standard InChI is InChI=1S/C4H7N3.C2H6/c1-5-4-2-6-7-3-4;1-2/h2-3,5H,1H3,(H,6,7);1-2H3. The van der Waals surface area contributed by atoms with E-state index in [2.05, 4.69) is 15.5 Å². The molecule has 0 saturated carbocycles. The van der Waals surface area contributed by atoms with Gasteiger partial charge in [0.1, 0.15) is 0 Å². The Morgan fingerprint density at radius 2 is 2.22 bits per heavy atom. The summed E-state index contributed by atoms with van der Waals surface area (Å²) in [5.41, 5.74) is 1.01. The quantitative estimate of drug-likeness (QED) is 0.600. The molecule has 3 nitrogen and oxygen atoms in total. The number of rotatable bonds is 1. The molecule has 0 saturated heterocycles. The zero-order chi connectivity index (χ0) is 7.11. The fourth-order valence-electron chi connectivity index (χ4n) is 0.388. The van der Waals surface area contributed by atoms with Gasteiger partial charge in [-0.1, -0.05) is 13.8 Å². The number of nitrogens with one attached hydrogen (secondary N) is 2. The van der Waals surface area contributed by atoms with Crippen molar-refractivity contribution in [3.63, 3.8) is 0 Å². The summed E-state index contributed by atoms with van der Waals surface area (Å²) in [5, 5.41) is 9.29. The largest absolute Gasteiger partial charge is 0.386 e. The molecular formula is C6H13N3. The lowest BCUT2D eigenvalue weighted by Gasteiger charge is -1.84. The summed E-state index contributed by atoms with van der Waals surface area (Å²) in [4.78, 5) is 0. The van der Waals surface area contributed by atoms with Gasteiger partial charge in [-0.05, 0) is 0 Å². The fraction of sp³-hybridized carbons (Fsp3) is 0.500. The van der Waals surface area contributed by atoms with E-state index in [0.717, 1.165) is 5.69 Å². The minimum atomic E-state index is 1.01. The fourth-order valence-corrected chi connectivity index (χ4v) is 0.388. The van der Waals surface area contributed by atoms with Gasteiger partial charge in [-0.25, -0.2) is 0 Å². The van der Waals surface area contributed by atoms with E-state index in [4.69, 9.17) is 0 Å². The molecule has 0 amide bonds. The summed E-state index contributed by atoms with van der Waals surface area (Å²) < 4.78 is 0. The predicted molar refractivity (Wildman–Crippen MR) is 39.5 cm³/mol. The monoisotopic (exact) mass is 127 g/mol. The lowest BCUT2D eigenvalue weighted by molar-refractivity contribution is 1.09. The molecule has 3 heteroatoms. The number of aromatic amines is 1. The molecule has 0 aromatic carbocycles. The Hall–Kier alpha value is -0.990. The third-order valence-corrected chi connectivity index (χ3v) is 0.787. The lowest BCUT2D eigenvalue weighted by atomic mass is 10.6. The molecule has 0 unspecified atom stereocenters. The Kier molecular flexibility index (Phi) is 4.59. The van der Waals surface area contributed by atoms with Crippen LogP contribution < -0.4 is 5.32 Å². The molecule has 0 aliphatic carbocycles. The second-order valence-corrected chi connectivity index (χ2v) is 1.24. The molecule has 9 heavy (non-hydrogen) atoms. The molecule has 0 spiro atoms. The summed E-state index contributed by atoms with van der Waals surface area (Å²) in [5.74, 6) is 0. The third kappa shape index (κ3) is 2.74. The minimum absolute atomic E-state index is 1.01. The van der Waals surface area contributed by atoms with Gasteiger partial charge in [-0.15, -0.1) is 0 Å². The highest BCUT2D eigenvalue weighted by Gasteiger charge is 1.80. The average molecular weight is 127 g/mol. The van der Waals surface area contributed by atoms with Crippen molar-refractivity contribution < 1.29 is 0 Å². The molecule has 0 aliphatic heterocycles. The van der Waals surface area contributed by atoms with Crippen molar-refractivity contribution in [3.05, 3.63) is 12.4 Å². The number of anilines is 1. The van der Waals surface area contributed by atoms with Gasteiger partial charge in [-0.2, -0.15) is 5.10 Å². The average Bonchev–Trinajstić information content (AvgIpc) is 2.43. The van der Waals surface area contributed by atoms with Crippen LogP contribution in [-0.2, 0) is 0 Å². The molecular weight excluding hydrogens is 114 g/mol. The Labute approximate surface area is 55.5 Å². The van der Waals surface area contributed by atoms with Crippen molar-refractivity contribution in [2.75, 3.05) is 12.4 Å². The molecule has 1 rings (SSSR count). The molecule has 1 heterocycles. The maximum Gasteiger partial charge on any atom is 0.0721 e. The van der Waals surface area contributed by atoms with Gasteiger partial charge < -0.3 is 5.32 Å². The van der Waals surface area contributed by atoms with Crippen LogP contribution >= 0.6 is 0 Å². The topological polar surface area (TPSA) is 40.7 Å². The van der Waals surface area contributed by atoms with Gasteiger partial charge in [0, 0.05) is 13.2 Å². The van der Waals surface area contributed by atoms with Crippen molar-refractivity contribution in [1.29, 1.82) is 0 Å². The van der Waals surface area contributed by atoms with E-state index in [1.807, 2.05) is 20.9 Å². The van der Waals surface area contributed by atoms with Crippen LogP contribution in [0.4, 0.5) is 5.69 Å². The maximum atomic E-state index is 3.71. The Morgan fingerprint density at radius 1 is 1.56 bits per heavy atom. The van der Waals surface area contributed by atoms with E-state index < -0.39 is 0 Å². The van der Waals surface area contributed by atoms with Crippen molar-refractivity contribution >= 4 is 5.69 Å². The van der Waals surface area contributed by atoms with E-state index in [-0.39, 0.29) is 0 Å². The molecule has 0 bridgehead atoms. The van der Waals surface area contributed by atoms with Crippen LogP contribution in [-0.4, -0.2) is 17.2 Å². The number of aromatic nitrogens is 2. The first kappa shape index (κ1) is 8.01. The molecule has 52 valence electrons. The van der Waals surface area contributed by atoms with Gasteiger partial charge >= 0.3 is 0 Å². The smallest absolute Gasteiger partial charge is 0.0721 e. The minimum Gasteiger partial charge on any atom is -0.386 e. The highest BCUT2D eigenvalue weighted by molar-refractivity contribution is 5.35. The van der Waals surface area contributed by atoms with E-state index in [0.29, 0.717) is 0 Å².